The van der Waals surface area contributed by atoms with E-state index < -0.39 is 0 Å². The van der Waals surface area contributed by atoms with Crippen LogP contribution >= 0.6 is 11.8 Å². The van der Waals surface area contributed by atoms with Crippen molar-refractivity contribution < 1.29 is 9.47 Å². The van der Waals surface area contributed by atoms with Crippen LogP contribution in [0.5, 0.6) is 11.5 Å². The van der Waals surface area contributed by atoms with E-state index in [2.05, 4.69) is 0 Å². The van der Waals surface area contributed by atoms with Crippen LogP contribution in [0.25, 0.3) is 0 Å². The van der Waals surface area contributed by atoms with Crippen LogP contribution in [0.1, 0.15) is 22.0 Å². The molecule has 2 unspecified atom stereocenters. The third kappa shape index (κ3) is 5.74. The molecule has 0 aliphatic rings. The van der Waals surface area contributed by atoms with E-state index in [1.165, 1.54) is 0 Å². The van der Waals surface area contributed by atoms with E-state index in [0.29, 0.717) is 11.4 Å². The van der Waals surface area contributed by atoms with Gasteiger partial charge in [-0.1, -0.05) is 72.4 Å². The summed E-state index contributed by atoms with van der Waals surface area (Å²) in [7, 11) is 0. The van der Waals surface area contributed by atoms with E-state index in [1.807, 2.05) is 109 Å². The van der Waals surface area contributed by atoms with E-state index in [1.54, 1.807) is 11.8 Å². The van der Waals surface area contributed by atoms with Gasteiger partial charge in [-0.2, -0.15) is 0 Å². The highest BCUT2D eigenvalue weighted by Gasteiger charge is 2.24. The number of nitrogens with two attached hydrogens (primary N) is 2. The SMILES string of the molecule is Nc1cccc(C(Oc2ccccc2)SC(Oc2ccccc2)c2cccc(N)c2)c1. The molecule has 0 spiro atoms. The van der Waals surface area contributed by atoms with Gasteiger partial charge in [-0.05, 0) is 48.5 Å². The molecule has 4 N–H and O–H groups in total. The molecule has 4 nitrogen and oxygen atoms in total. The quantitative estimate of drug-likeness (QED) is 0.250. The number of rotatable bonds is 8. The molecule has 4 aromatic carbocycles. The van der Waals surface area contributed by atoms with E-state index in [-0.39, 0.29) is 10.9 Å². The van der Waals surface area contributed by atoms with Gasteiger partial charge < -0.3 is 20.9 Å². The van der Waals surface area contributed by atoms with E-state index in [9.17, 15) is 0 Å². The standard InChI is InChI=1S/C26H24N2O2S/c27-21-11-7-9-19(17-21)25(29-23-13-3-1-4-14-23)31-26(20-10-8-12-22(28)18-20)30-24-15-5-2-6-16-24/h1-18,25-26H,27-28H2. The molecule has 0 aliphatic carbocycles. The lowest BCUT2D eigenvalue weighted by atomic mass is 10.2. The minimum Gasteiger partial charge on any atom is -0.475 e. The molecule has 2 atom stereocenters. The summed E-state index contributed by atoms with van der Waals surface area (Å²) in [6.45, 7) is 0. The van der Waals surface area contributed by atoms with Gasteiger partial charge in [0.2, 0.25) is 0 Å². The molecule has 4 rings (SSSR count). The predicted molar refractivity (Wildman–Crippen MR) is 129 cm³/mol. The Labute approximate surface area is 186 Å². The molecule has 0 fully saturated rings. The molecule has 0 saturated carbocycles. The highest BCUT2D eigenvalue weighted by Crippen LogP contribution is 2.43. The highest BCUT2D eigenvalue weighted by molar-refractivity contribution is 7.99. The first-order valence-corrected chi connectivity index (χ1v) is 10.9. The first kappa shape index (κ1) is 20.7. The molecule has 0 radical (unpaired) electrons. The zero-order valence-electron chi connectivity index (χ0n) is 16.9. The van der Waals surface area contributed by atoms with Crippen LogP contribution in [0.4, 0.5) is 11.4 Å². The number of benzene rings is 4. The Kier molecular flexibility index (Phi) is 6.65. The minimum atomic E-state index is -0.346. The van der Waals surface area contributed by atoms with E-state index in [4.69, 9.17) is 20.9 Å². The number of hydrogen-bond acceptors (Lipinski definition) is 5. The normalized spacial score (nSPS) is 12.6. The molecule has 31 heavy (non-hydrogen) atoms. The summed E-state index contributed by atoms with van der Waals surface area (Å²) in [5, 5.41) is 0. The summed E-state index contributed by atoms with van der Waals surface area (Å²) in [4.78, 5) is 0. The molecule has 4 aromatic rings. The first-order chi connectivity index (χ1) is 15.2. The number of ether oxygens (including phenoxy) is 2. The maximum absolute atomic E-state index is 6.37. The lowest BCUT2D eigenvalue weighted by Gasteiger charge is -2.26. The van der Waals surface area contributed by atoms with Crippen molar-refractivity contribution in [1.29, 1.82) is 0 Å². The van der Waals surface area contributed by atoms with E-state index in [0.717, 1.165) is 22.6 Å². The topological polar surface area (TPSA) is 70.5 Å². The van der Waals surface area contributed by atoms with Crippen LogP contribution < -0.4 is 20.9 Å². The predicted octanol–water partition coefficient (Wildman–Crippen LogP) is 6.44. The first-order valence-electron chi connectivity index (χ1n) is 9.97. The Morgan fingerprint density at radius 2 is 0.935 bits per heavy atom. The third-order valence-electron chi connectivity index (χ3n) is 4.59. The summed E-state index contributed by atoms with van der Waals surface area (Å²) in [6.07, 6.45) is 0. The fraction of sp³-hybridized carbons (Fsp3) is 0.0769. The Bertz CT molecular complexity index is 1020. The number of para-hydroxylation sites is 2. The summed E-state index contributed by atoms with van der Waals surface area (Å²) in [5.41, 5.74) is 14.7. The van der Waals surface area contributed by atoms with Crippen molar-refractivity contribution >= 4 is 23.1 Å². The highest BCUT2D eigenvalue weighted by atomic mass is 32.2. The summed E-state index contributed by atoms with van der Waals surface area (Å²) < 4.78 is 12.7. The van der Waals surface area contributed by atoms with Gasteiger partial charge in [0.1, 0.15) is 11.5 Å². The van der Waals surface area contributed by atoms with E-state index >= 15 is 0 Å². The smallest absolute Gasteiger partial charge is 0.173 e. The van der Waals surface area contributed by atoms with Crippen LogP contribution in [0.2, 0.25) is 0 Å². The van der Waals surface area contributed by atoms with Gasteiger partial charge in [0, 0.05) is 22.5 Å². The van der Waals surface area contributed by atoms with Crippen LogP contribution in [-0.2, 0) is 0 Å². The Balaban J connectivity index is 1.68. The molecular weight excluding hydrogens is 404 g/mol. The van der Waals surface area contributed by atoms with Crippen molar-refractivity contribution in [1.82, 2.24) is 0 Å². The van der Waals surface area contributed by atoms with Gasteiger partial charge in [0.25, 0.3) is 0 Å². The maximum Gasteiger partial charge on any atom is 0.173 e. The average Bonchev–Trinajstić information content (AvgIpc) is 2.79. The number of thioether (sulfide) groups is 1. The van der Waals surface area contributed by atoms with Crippen LogP contribution in [0, 0.1) is 0 Å². The molecule has 0 heterocycles. The van der Waals surface area contributed by atoms with Crippen molar-refractivity contribution in [3.63, 3.8) is 0 Å². The summed E-state index contributed by atoms with van der Waals surface area (Å²) >= 11 is 1.55. The molecule has 5 heteroatoms. The largest absolute Gasteiger partial charge is 0.475 e. The monoisotopic (exact) mass is 428 g/mol. The molecule has 156 valence electrons. The maximum atomic E-state index is 6.37. The van der Waals surface area contributed by atoms with Gasteiger partial charge in [-0.25, -0.2) is 0 Å². The summed E-state index contributed by atoms with van der Waals surface area (Å²) in [5.74, 6) is 1.54. The number of hydrogen-bond donors (Lipinski definition) is 2. The third-order valence-corrected chi connectivity index (χ3v) is 5.82. The Hall–Kier alpha value is -3.57. The van der Waals surface area contributed by atoms with Crippen LogP contribution in [0.15, 0.2) is 109 Å². The fourth-order valence-corrected chi connectivity index (χ4v) is 4.28. The number of nitrogen functional groups attached to an aromatic ring is 2. The second-order valence-corrected chi connectivity index (χ2v) is 8.13. The van der Waals surface area contributed by atoms with Crippen molar-refractivity contribution in [3.05, 3.63) is 120 Å². The molecule has 0 aliphatic heterocycles. The lowest BCUT2D eigenvalue weighted by molar-refractivity contribution is 0.267. The van der Waals surface area contributed by atoms with Crippen LogP contribution in [-0.4, -0.2) is 0 Å². The van der Waals surface area contributed by atoms with Crippen molar-refractivity contribution in [2.75, 3.05) is 11.5 Å². The van der Waals surface area contributed by atoms with Crippen LogP contribution in [0.3, 0.4) is 0 Å². The number of anilines is 2. The average molecular weight is 429 g/mol. The minimum absolute atomic E-state index is 0.346. The van der Waals surface area contributed by atoms with Gasteiger partial charge in [0.05, 0.1) is 0 Å². The second-order valence-electron chi connectivity index (χ2n) is 7.00. The fourth-order valence-electron chi connectivity index (χ4n) is 3.12. The molecule has 0 saturated heterocycles. The van der Waals surface area contributed by atoms with Crippen molar-refractivity contribution in [2.24, 2.45) is 0 Å². The Morgan fingerprint density at radius 3 is 1.32 bits per heavy atom. The zero-order valence-corrected chi connectivity index (χ0v) is 17.7. The van der Waals surface area contributed by atoms with Crippen molar-refractivity contribution in [2.45, 2.75) is 10.9 Å². The zero-order chi connectivity index (χ0) is 21.5. The lowest BCUT2D eigenvalue weighted by Crippen LogP contribution is -2.11. The Morgan fingerprint density at radius 1 is 0.516 bits per heavy atom. The van der Waals surface area contributed by atoms with Gasteiger partial charge in [0.15, 0.2) is 10.9 Å². The molecule has 0 amide bonds. The van der Waals surface area contributed by atoms with Gasteiger partial charge >= 0.3 is 0 Å². The second kappa shape index (κ2) is 9.96. The molecule has 0 bridgehead atoms. The van der Waals surface area contributed by atoms with Crippen molar-refractivity contribution in [3.8, 4) is 11.5 Å². The summed E-state index contributed by atoms with van der Waals surface area (Å²) in [6, 6.07) is 34.9. The molecule has 0 aromatic heterocycles. The van der Waals surface area contributed by atoms with Gasteiger partial charge in [-0.15, -0.1) is 0 Å². The molecular formula is C26H24N2O2S. The van der Waals surface area contributed by atoms with Gasteiger partial charge in [-0.3, -0.25) is 0 Å².